The van der Waals surface area contributed by atoms with E-state index in [0.717, 1.165) is 0 Å². The highest BCUT2D eigenvalue weighted by atomic mass is 16.5. The fourth-order valence-corrected chi connectivity index (χ4v) is 1.78. The summed E-state index contributed by atoms with van der Waals surface area (Å²) in [6.45, 7) is 0.430. The average Bonchev–Trinajstić information content (AvgIpc) is 2.79. The zero-order valence-corrected chi connectivity index (χ0v) is 9.55. The SMILES string of the molecule is NC(=O)c1ccnc(NC2(C(=O)O)CCOC2)c1. The summed E-state index contributed by atoms with van der Waals surface area (Å²) in [6.07, 6.45) is 1.73. The Hall–Kier alpha value is -2.15. The van der Waals surface area contributed by atoms with Gasteiger partial charge >= 0.3 is 5.97 Å². The summed E-state index contributed by atoms with van der Waals surface area (Å²) in [5.74, 6) is -1.31. The van der Waals surface area contributed by atoms with E-state index < -0.39 is 17.4 Å². The minimum absolute atomic E-state index is 0.0603. The molecule has 2 rings (SSSR count). The summed E-state index contributed by atoms with van der Waals surface area (Å²) in [6, 6.07) is 2.89. The highest BCUT2D eigenvalue weighted by Crippen LogP contribution is 2.24. The monoisotopic (exact) mass is 251 g/mol. The molecule has 1 aromatic heterocycles. The first-order valence-electron chi connectivity index (χ1n) is 5.39. The van der Waals surface area contributed by atoms with Gasteiger partial charge in [-0.25, -0.2) is 9.78 Å². The number of anilines is 1. The number of nitrogens with two attached hydrogens (primary N) is 1. The topological polar surface area (TPSA) is 115 Å². The van der Waals surface area contributed by atoms with Crippen molar-refractivity contribution in [2.75, 3.05) is 18.5 Å². The number of carbonyl (C=O) groups excluding carboxylic acids is 1. The number of carboxylic acid groups (broad SMARTS) is 1. The molecular formula is C11H13N3O4. The van der Waals surface area contributed by atoms with E-state index in [-0.39, 0.29) is 12.2 Å². The van der Waals surface area contributed by atoms with Gasteiger partial charge in [0.1, 0.15) is 5.82 Å². The summed E-state index contributed by atoms with van der Waals surface area (Å²) in [5.41, 5.74) is 4.23. The van der Waals surface area contributed by atoms with E-state index in [0.29, 0.717) is 18.8 Å². The van der Waals surface area contributed by atoms with E-state index in [1.807, 2.05) is 0 Å². The fourth-order valence-electron chi connectivity index (χ4n) is 1.78. The van der Waals surface area contributed by atoms with Crippen molar-refractivity contribution in [2.24, 2.45) is 5.73 Å². The number of aliphatic carboxylic acids is 1. The molecule has 1 amide bonds. The molecule has 7 nitrogen and oxygen atoms in total. The molecule has 1 fully saturated rings. The number of amides is 1. The standard InChI is InChI=1S/C11H13N3O4/c12-9(15)7-1-3-13-8(5-7)14-11(10(16)17)2-4-18-6-11/h1,3,5H,2,4,6H2,(H2,12,15)(H,13,14)(H,16,17). The van der Waals surface area contributed by atoms with Gasteiger partial charge in [0.25, 0.3) is 0 Å². The van der Waals surface area contributed by atoms with Gasteiger partial charge in [-0.15, -0.1) is 0 Å². The zero-order chi connectivity index (χ0) is 13.2. The second-order valence-corrected chi connectivity index (χ2v) is 4.11. The third kappa shape index (κ3) is 2.25. The molecule has 0 saturated carbocycles. The van der Waals surface area contributed by atoms with Crippen LogP contribution in [0.4, 0.5) is 5.82 Å². The van der Waals surface area contributed by atoms with E-state index in [2.05, 4.69) is 10.3 Å². The Labute approximate surface area is 103 Å². The van der Waals surface area contributed by atoms with Gasteiger partial charge < -0.3 is 20.9 Å². The van der Waals surface area contributed by atoms with E-state index in [9.17, 15) is 14.7 Å². The molecular weight excluding hydrogens is 238 g/mol. The lowest BCUT2D eigenvalue weighted by molar-refractivity contribution is -0.142. The van der Waals surface area contributed by atoms with Crippen LogP contribution in [-0.2, 0) is 9.53 Å². The van der Waals surface area contributed by atoms with Crippen molar-refractivity contribution in [3.8, 4) is 0 Å². The van der Waals surface area contributed by atoms with Crippen LogP contribution in [0.3, 0.4) is 0 Å². The lowest BCUT2D eigenvalue weighted by Gasteiger charge is -2.24. The van der Waals surface area contributed by atoms with E-state index in [1.165, 1.54) is 18.3 Å². The fraction of sp³-hybridized carbons (Fsp3) is 0.364. The number of ether oxygens (including phenoxy) is 1. The van der Waals surface area contributed by atoms with Crippen molar-refractivity contribution < 1.29 is 19.4 Å². The van der Waals surface area contributed by atoms with Gasteiger partial charge in [-0.2, -0.15) is 0 Å². The molecule has 96 valence electrons. The Balaban J connectivity index is 2.24. The molecule has 1 aliphatic heterocycles. The normalized spacial score (nSPS) is 22.7. The molecule has 1 aromatic rings. The molecule has 18 heavy (non-hydrogen) atoms. The molecule has 1 atom stereocenters. The Bertz CT molecular complexity index is 483. The lowest BCUT2D eigenvalue weighted by atomic mass is 9.99. The molecule has 1 unspecified atom stereocenters. The quantitative estimate of drug-likeness (QED) is 0.684. The molecule has 4 N–H and O–H groups in total. The van der Waals surface area contributed by atoms with E-state index >= 15 is 0 Å². The maximum absolute atomic E-state index is 11.3. The van der Waals surface area contributed by atoms with Crippen LogP contribution < -0.4 is 11.1 Å². The molecule has 0 aliphatic carbocycles. The third-order valence-electron chi connectivity index (χ3n) is 2.84. The highest BCUT2D eigenvalue weighted by Gasteiger charge is 2.42. The molecule has 0 aromatic carbocycles. The van der Waals surface area contributed by atoms with Crippen molar-refractivity contribution in [3.63, 3.8) is 0 Å². The van der Waals surface area contributed by atoms with Crippen molar-refractivity contribution in [3.05, 3.63) is 23.9 Å². The Kier molecular flexibility index (Phi) is 3.15. The average molecular weight is 251 g/mol. The predicted octanol–water partition coefficient (Wildman–Crippen LogP) is -0.164. The number of nitrogens with one attached hydrogen (secondary N) is 1. The van der Waals surface area contributed by atoms with Gasteiger partial charge in [-0.3, -0.25) is 4.79 Å². The van der Waals surface area contributed by atoms with Gasteiger partial charge in [-0.05, 0) is 12.1 Å². The second kappa shape index (κ2) is 4.61. The largest absolute Gasteiger partial charge is 0.479 e. The van der Waals surface area contributed by atoms with Crippen molar-refractivity contribution in [1.29, 1.82) is 0 Å². The van der Waals surface area contributed by atoms with Crippen LogP contribution >= 0.6 is 0 Å². The van der Waals surface area contributed by atoms with E-state index in [4.69, 9.17) is 10.5 Å². The minimum atomic E-state index is -1.19. The van der Waals surface area contributed by atoms with E-state index in [1.54, 1.807) is 0 Å². The van der Waals surface area contributed by atoms with Crippen LogP contribution in [0.1, 0.15) is 16.8 Å². The van der Waals surface area contributed by atoms with Gasteiger partial charge in [0.15, 0.2) is 5.54 Å². The van der Waals surface area contributed by atoms with Crippen LogP contribution in [-0.4, -0.2) is 40.7 Å². The first-order valence-corrected chi connectivity index (χ1v) is 5.39. The molecule has 0 radical (unpaired) electrons. The maximum Gasteiger partial charge on any atom is 0.331 e. The Morgan fingerprint density at radius 1 is 1.56 bits per heavy atom. The summed E-state index contributed by atoms with van der Waals surface area (Å²) in [5, 5.41) is 12.0. The van der Waals surface area contributed by atoms with Crippen molar-refractivity contribution in [2.45, 2.75) is 12.0 Å². The molecule has 0 spiro atoms. The van der Waals surface area contributed by atoms with Crippen molar-refractivity contribution in [1.82, 2.24) is 4.98 Å². The molecule has 0 bridgehead atoms. The van der Waals surface area contributed by atoms with Crippen LogP contribution in [0.25, 0.3) is 0 Å². The molecule has 7 heteroatoms. The number of carboxylic acids is 1. The molecule has 1 aliphatic rings. The number of rotatable bonds is 4. The maximum atomic E-state index is 11.3. The van der Waals surface area contributed by atoms with Gasteiger partial charge in [0.2, 0.25) is 5.91 Å². The number of aromatic nitrogens is 1. The zero-order valence-electron chi connectivity index (χ0n) is 9.55. The number of carbonyl (C=O) groups is 2. The van der Waals surface area contributed by atoms with Crippen LogP contribution in [0, 0.1) is 0 Å². The highest BCUT2D eigenvalue weighted by molar-refractivity contribution is 5.93. The summed E-state index contributed by atoms with van der Waals surface area (Å²) < 4.78 is 5.11. The van der Waals surface area contributed by atoms with Crippen LogP contribution in [0.15, 0.2) is 18.3 Å². The first-order chi connectivity index (χ1) is 8.53. The number of hydrogen-bond acceptors (Lipinski definition) is 5. The second-order valence-electron chi connectivity index (χ2n) is 4.11. The smallest absolute Gasteiger partial charge is 0.331 e. The number of primary amides is 1. The number of nitrogens with zero attached hydrogens (tertiary/aromatic N) is 1. The third-order valence-corrected chi connectivity index (χ3v) is 2.84. The van der Waals surface area contributed by atoms with Crippen LogP contribution in [0.5, 0.6) is 0 Å². The molecule has 2 heterocycles. The Morgan fingerprint density at radius 3 is 2.89 bits per heavy atom. The molecule has 1 saturated heterocycles. The summed E-state index contributed by atoms with van der Waals surface area (Å²) in [4.78, 5) is 26.3. The first kappa shape index (κ1) is 12.3. The van der Waals surface area contributed by atoms with Crippen LogP contribution in [0.2, 0.25) is 0 Å². The Morgan fingerprint density at radius 2 is 2.33 bits per heavy atom. The number of pyridine rings is 1. The summed E-state index contributed by atoms with van der Waals surface area (Å²) >= 11 is 0. The summed E-state index contributed by atoms with van der Waals surface area (Å²) in [7, 11) is 0. The lowest BCUT2D eigenvalue weighted by Crippen LogP contribution is -2.47. The predicted molar refractivity (Wildman–Crippen MR) is 62.2 cm³/mol. The minimum Gasteiger partial charge on any atom is -0.479 e. The van der Waals surface area contributed by atoms with Gasteiger partial charge in [-0.1, -0.05) is 0 Å². The number of hydrogen-bond donors (Lipinski definition) is 3. The van der Waals surface area contributed by atoms with Gasteiger partial charge in [0, 0.05) is 24.8 Å². The van der Waals surface area contributed by atoms with Crippen molar-refractivity contribution >= 4 is 17.7 Å². The van der Waals surface area contributed by atoms with Gasteiger partial charge in [0.05, 0.1) is 6.61 Å².